The fourth-order valence-electron chi connectivity index (χ4n) is 2.06. The molecule has 0 aliphatic heterocycles. The lowest BCUT2D eigenvalue weighted by molar-refractivity contribution is 0.0946. The van der Waals surface area contributed by atoms with E-state index in [1.807, 2.05) is 11.9 Å². The Morgan fingerprint density at radius 3 is 2.70 bits per heavy atom. The first-order valence-corrected chi connectivity index (χ1v) is 7.66. The Kier molecular flexibility index (Phi) is 6.02. The van der Waals surface area contributed by atoms with Gasteiger partial charge in [-0.05, 0) is 24.1 Å². The minimum Gasteiger partial charge on any atom is -0.360 e. The Balaban J connectivity index is 1.97. The molecule has 122 valence electrons. The molecule has 2 rings (SSSR count). The first-order valence-electron chi connectivity index (χ1n) is 7.66. The summed E-state index contributed by atoms with van der Waals surface area (Å²) in [6.45, 7) is 3.33. The summed E-state index contributed by atoms with van der Waals surface area (Å²) in [5.74, 6) is 0.151. The molecule has 0 radical (unpaired) electrons. The fraction of sp³-hybridized carbons (Fsp3) is 0.353. The van der Waals surface area contributed by atoms with Crippen LogP contribution in [0.1, 0.15) is 35.8 Å². The molecule has 0 aliphatic carbocycles. The van der Waals surface area contributed by atoms with E-state index in [0.717, 1.165) is 30.8 Å². The average molecular weight is 316 g/mol. The molecule has 0 aliphatic rings. The third-order valence-corrected chi connectivity index (χ3v) is 3.49. The number of hydrogen-bond donors (Lipinski definition) is 1. The molecule has 5 nitrogen and oxygen atoms in total. The molecule has 0 spiro atoms. The van der Waals surface area contributed by atoms with Gasteiger partial charge in [-0.15, -0.1) is 0 Å². The van der Waals surface area contributed by atoms with Gasteiger partial charge in [0.1, 0.15) is 23.7 Å². The number of rotatable bonds is 7. The van der Waals surface area contributed by atoms with Gasteiger partial charge >= 0.3 is 0 Å². The van der Waals surface area contributed by atoms with E-state index >= 15 is 0 Å². The number of nitrogens with one attached hydrogen (secondary N) is 1. The van der Waals surface area contributed by atoms with Crippen molar-refractivity contribution >= 4 is 11.7 Å². The van der Waals surface area contributed by atoms with Crippen LogP contribution in [0.3, 0.4) is 0 Å². The number of carbonyl (C=O) groups excluding carboxylic acids is 1. The highest BCUT2D eigenvalue weighted by molar-refractivity contribution is 5.92. The van der Waals surface area contributed by atoms with Crippen LogP contribution in [0, 0.1) is 5.82 Å². The van der Waals surface area contributed by atoms with E-state index in [1.54, 1.807) is 18.2 Å². The van der Waals surface area contributed by atoms with Gasteiger partial charge in [0, 0.05) is 26.2 Å². The Hall–Kier alpha value is -2.50. The predicted octanol–water partition coefficient (Wildman–Crippen LogP) is 2.78. The van der Waals surface area contributed by atoms with Gasteiger partial charge in [-0.3, -0.25) is 4.79 Å². The van der Waals surface area contributed by atoms with Gasteiger partial charge in [0.05, 0.1) is 0 Å². The zero-order valence-corrected chi connectivity index (χ0v) is 13.4. The number of carbonyl (C=O) groups is 1. The highest BCUT2D eigenvalue weighted by Crippen LogP contribution is 2.10. The molecule has 0 fully saturated rings. The predicted molar refractivity (Wildman–Crippen MR) is 87.8 cm³/mol. The Morgan fingerprint density at radius 2 is 2.00 bits per heavy atom. The third-order valence-electron chi connectivity index (χ3n) is 3.49. The van der Waals surface area contributed by atoms with Gasteiger partial charge in [0.2, 0.25) is 0 Å². The van der Waals surface area contributed by atoms with Crippen LogP contribution in [-0.2, 0) is 6.54 Å². The van der Waals surface area contributed by atoms with Gasteiger partial charge in [0.15, 0.2) is 0 Å². The molecule has 0 unspecified atom stereocenters. The fourth-order valence-corrected chi connectivity index (χ4v) is 2.06. The summed E-state index contributed by atoms with van der Waals surface area (Å²) in [6, 6.07) is 7.69. The zero-order valence-electron chi connectivity index (χ0n) is 13.4. The lowest BCUT2D eigenvalue weighted by Crippen LogP contribution is -2.25. The van der Waals surface area contributed by atoms with E-state index < -0.39 is 0 Å². The Labute approximate surface area is 135 Å². The molecule has 23 heavy (non-hydrogen) atoms. The van der Waals surface area contributed by atoms with Crippen LogP contribution in [0.25, 0.3) is 0 Å². The standard InChI is InChI=1S/C17H21FN4O/c1-3-4-9-22(2)16-10-15(20-12-21-16)17(23)19-11-13-5-7-14(18)8-6-13/h5-8,10,12H,3-4,9,11H2,1-2H3,(H,19,23). The quantitative estimate of drug-likeness (QED) is 0.853. The minimum atomic E-state index is -0.296. The van der Waals surface area contributed by atoms with Crippen LogP contribution >= 0.6 is 0 Å². The largest absolute Gasteiger partial charge is 0.360 e. The monoisotopic (exact) mass is 316 g/mol. The van der Waals surface area contributed by atoms with Gasteiger partial charge < -0.3 is 10.2 Å². The van der Waals surface area contributed by atoms with E-state index in [0.29, 0.717) is 12.2 Å². The summed E-state index contributed by atoms with van der Waals surface area (Å²) >= 11 is 0. The van der Waals surface area contributed by atoms with Gasteiger partial charge in [-0.25, -0.2) is 14.4 Å². The number of anilines is 1. The highest BCUT2D eigenvalue weighted by Gasteiger charge is 2.10. The first kappa shape index (κ1) is 16.9. The summed E-state index contributed by atoms with van der Waals surface area (Å²) < 4.78 is 12.9. The first-order chi connectivity index (χ1) is 11.1. The second-order valence-corrected chi connectivity index (χ2v) is 5.35. The molecule has 1 N–H and O–H groups in total. The van der Waals surface area contributed by atoms with E-state index in [2.05, 4.69) is 22.2 Å². The van der Waals surface area contributed by atoms with Crippen molar-refractivity contribution in [2.45, 2.75) is 26.3 Å². The van der Waals surface area contributed by atoms with E-state index in [-0.39, 0.29) is 11.7 Å². The normalized spacial score (nSPS) is 10.4. The summed E-state index contributed by atoms with van der Waals surface area (Å²) in [5.41, 5.74) is 1.15. The smallest absolute Gasteiger partial charge is 0.270 e. The molecular weight excluding hydrogens is 295 g/mol. The number of hydrogen-bond acceptors (Lipinski definition) is 4. The Bertz CT molecular complexity index is 645. The molecule has 2 aromatic rings. The van der Waals surface area contributed by atoms with Crippen molar-refractivity contribution in [3.63, 3.8) is 0 Å². The highest BCUT2D eigenvalue weighted by atomic mass is 19.1. The molecule has 0 saturated carbocycles. The molecule has 1 aromatic carbocycles. The van der Waals surface area contributed by atoms with Crippen LogP contribution in [0.15, 0.2) is 36.7 Å². The van der Waals surface area contributed by atoms with E-state index in [9.17, 15) is 9.18 Å². The maximum atomic E-state index is 12.9. The maximum absolute atomic E-state index is 12.9. The van der Waals surface area contributed by atoms with Crippen molar-refractivity contribution in [3.05, 3.63) is 53.7 Å². The molecule has 6 heteroatoms. The summed E-state index contributed by atoms with van der Waals surface area (Å²) in [7, 11) is 1.94. The van der Waals surface area contributed by atoms with Crippen LogP contribution in [0.4, 0.5) is 10.2 Å². The SMILES string of the molecule is CCCCN(C)c1cc(C(=O)NCc2ccc(F)cc2)ncn1. The topological polar surface area (TPSA) is 58.1 Å². The van der Waals surface area contributed by atoms with Crippen molar-refractivity contribution in [2.24, 2.45) is 0 Å². The third kappa shape index (κ3) is 5.02. The summed E-state index contributed by atoms with van der Waals surface area (Å²) in [4.78, 5) is 22.4. The molecule has 0 saturated heterocycles. The van der Waals surface area contributed by atoms with Crippen LogP contribution in [0.2, 0.25) is 0 Å². The van der Waals surface area contributed by atoms with Crippen molar-refractivity contribution < 1.29 is 9.18 Å². The number of benzene rings is 1. The van der Waals surface area contributed by atoms with Gasteiger partial charge in [-0.1, -0.05) is 25.5 Å². The minimum absolute atomic E-state index is 0.276. The number of nitrogens with zero attached hydrogens (tertiary/aromatic N) is 3. The van der Waals surface area contributed by atoms with Gasteiger partial charge in [-0.2, -0.15) is 0 Å². The zero-order chi connectivity index (χ0) is 16.7. The number of amides is 1. The van der Waals surface area contributed by atoms with Crippen LogP contribution in [-0.4, -0.2) is 29.5 Å². The number of halogens is 1. The molecule has 1 aromatic heterocycles. The number of unbranched alkanes of at least 4 members (excludes halogenated alkanes) is 1. The Morgan fingerprint density at radius 1 is 1.26 bits per heavy atom. The lowest BCUT2D eigenvalue weighted by Gasteiger charge is -2.17. The van der Waals surface area contributed by atoms with Crippen molar-refractivity contribution in [3.8, 4) is 0 Å². The molecule has 1 amide bonds. The molecule has 0 atom stereocenters. The van der Waals surface area contributed by atoms with Crippen molar-refractivity contribution in [1.82, 2.24) is 15.3 Å². The summed E-state index contributed by atoms with van der Waals surface area (Å²) in [6.07, 6.45) is 3.55. The molecule has 0 bridgehead atoms. The second-order valence-electron chi connectivity index (χ2n) is 5.35. The lowest BCUT2D eigenvalue weighted by atomic mass is 10.2. The van der Waals surface area contributed by atoms with Crippen LogP contribution in [0.5, 0.6) is 0 Å². The average Bonchev–Trinajstić information content (AvgIpc) is 2.59. The van der Waals surface area contributed by atoms with E-state index in [4.69, 9.17) is 0 Å². The number of aromatic nitrogens is 2. The maximum Gasteiger partial charge on any atom is 0.270 e. The molecular formula is C17H21FN4O. The molecule has 1 heterocycles. The van der Waals surface area contributed by atoms with Gasteiger partial charge in [0.25, 0.3) is 5.91 Å². The van der Waals surface area contributed by atoms with Crippen molar-refractivity contribution in [1.29, 1.82) is 0 Å². The second kappa shape index (κ2) is 8.22. The van der Waals surface area contributed by atoms with Crippen LogP contribution < -0.4 is 10.2 Å². The van der Waals surface area contributed by atoms with E-state index in [1.165, 1.54) is 18.5 Å². The van der Waals surface area contributed by atoms with Crippen molar-refractivity contribution in [2.75, 3.05) is 18.5 Å². The summed E-state index contributed by atoms with van der Waals surface area (Å²) in [5, 5.41) is 2.77.